The summed E-state index contributed by atoms with van der Waals surface area (Å²) in [6.45, 7) is 0.361. The van der Waals surface area contributed by atoms with E-state index < -0.39 is 5.91 Å². The molecule has 0 radical (unpaired) electrons. The number of thiazole rings is 1. The van der Waals surface area contributed by atoms with Crippen LogP contribution < -0.4 is 5.56 Å². The van der Waals surface area contributed by atoms with Crippen molar-refractivity contribution in [1.29, 1.82) is 0 Å². The molecular weight excluding hydrogens is 294 g/mol. The first kappa shape index (κ1) is 15.2. The summed E-state index contributed by atoms with van der Waals surface area (Å²) in [6.07, 6.45) is 3.59. The van der Waals surface area contributed by atoms with Crippen LogP contribution >= 0.6 is 11.3 Å². The van der Waals surface area contributed by atoms with Gasteiger partial charge in [0.05, 0.1) is 7.11 Å². The van der Waals surface area contributed by atoms with Crippen LogP contribution in [0, 0.1) is 0 Å². The normalized spacial score (nSPS) is 10.6. The van der Waals surface area contributed by atoms with Gasteiger partial charge in [0.15, 0.2) is 4.96 Å². The Balaban J connectivity index is 2.09. The van der Waals surface area contributed by atoms with Crippen LogP contribution in [0.5, 0.6) is 0 Å². The van der Waals surface area contributed by atoms with E-state index in [-0.39, 0.29) is 23.5 Å². The molecule has 0 aliphatic carbocycles. The Morgan fingerprint density at radius 2 is 2.24 bits per heavy atom. The monoisotopic (exact) mass is 309 g/mol. The van der Waals surface area contributed by atoms with Gasteiger partial charge in [0.1, 0.15) is 5.56 Å². The highest BCUT2D eigenvalue weighted by atomic mass is 32.1. The second-order valence-electron chi connectivity index (χ2n) is 4.44. The smallest absolute Gasteiger partial charge is 0.305 e. The molecule has 2 aromatic heterocycles. The third-order valence-electron chi connectivity index (χ3n) is 3.02. The average Bonchev–Trinajstić information content (AvgIpc) is 2.96. The summed E-state index contributed by atoms with van der Waals surface area (Å²) >= 11 is 1.33. The van der Waals surface area contributed by atoms with Gasteiger partial charge in [-0.2, -0.15) is 0 Å². The van der Waals surface area contributed by atoms with E-state index in [0.717, 1.165) is 0 Å². The topological polar surface area (TPSA) is 81.0 Å². The molecule has 0 fully saturated rings. The Kier molecular flexibility index (Phi) is 4.69. The van der Waals surface area contributed by atoms with Crippen LogP contribution in [0.4, 0.5) is 0 Å². The number of aromatic nitrogens is 2. The number of esters is 1. The van der Waals surface area contributed by atoms with Gasteiger partial charge in [-0.3, -0.25) is 18.8 Å². The van der Waals surface area contributed by atoms with Crippen LogP contribution in [0.25, 0.3) is 4.96 Å². The molecule has 2 aromatic rings. The van der Waals surface area contributed by atoms with Crippen LogP contribution in [-0.2, 0) is 9.53 Å². The third kappa shape index (κ3) is 3.27. The van der Waals surface area contributed by atoms with Crippen molar-refractivity contribution in [1.82, 2.24) is 14.3 Å². The Morgan fingerprint density at radius 1 is 1.48 bits per heavy atom. The van der Waals surface area contributed by atoms with Gasteiger partial charge in [-0.25, -0.2) is 4.98 Å². The molecule has 1 amide bonds. The molecule has 0 saturated heterocycles. The largest absolute Gasteiger partial charge is 0.469 e. The quantitative estimate of drug-likeness (QED) is 0.762. The van der Waals surface area contributed by atoms with Gasteiger partial charge in [0.2, 0.25) is 0 Å². The number of carbonyl (C=O) groups excluding carboxylic acids is 2. The number of hydrogen-bond donors (Lipinski definition) is 0. The van der Waals surface area contributed by atoms with Gasteiger partial charge in [-0.05, 0) is 6.42 Å². The van der Waals surface area contributed by atoms with Crippen molar-refractivity contribution in [2.24, 2.45) is 0 Å². The molecule has 0 atom stereocenters. The fourth-order valence-corrected chi connectivity index (χ4v) is 2.52. The van der Waals surface area contributed by atoms with Gasteiger partial charge in [-0.1, -0.05) is 0 Å². The molecule has 2 rings (SSSR count). The lowest BCUT2D eigenvalue weighted by atomic mass is 10.2. The van der Waals surface area contributed by atoms with Crippen molar-refractivity contribution >= 4 is 28.2 Å². The van der Waals surface area contributed by atoms with Crippen LogP contribution in [0.1, 0.15) is 23.2 Å². The molecule has 0 spiro atoms. The Bertz CT molecular complexity index is 722. The lowest BCUT2D eigenvalue weighted by molar-refractivity contribution is -0.140. The zero-order valence-corrected chi connectivity index (χ0v) is 12.6. The summed E-state index contributed by atoms with van der Waals surface area (Å²) < 4.78 is 5.88. The summed E-state index contributed by atoms with van der Waals surface area (Å²) in [4.78, 5) is 41.5. The van der Waals surface area contributed by atoms with E-state index in [1.54, 1.807) is 18.6 Å². The first-order valence-electron chi connectivity index (χ1n) is 6.31. The molecule has 0 unspecified atom stereocenters. The lowest BCUT2D eigenvalue weighted by Gasteiger charge is -2.16. The van der Waals surface area contributed by atoms with Gasteiger partial charge in [-0.15, -0.1) is 11.3 Å². The maximum absolute atomic E-state index is 12.2. The molecule has 0 N–H and O–H groups in total. The van der Waals surface area contributed by atoms with Crippen LogP contribution in [-0.4, -0.2) is 46.9 Å². The fraction of sp³-hybridized carbons (Fsp3) is 0.385. The number of carbonyl (C=O) groups is 2. The first-order valence-corrected chi connectivity index (χ1v) is 7.19. The second-order valence-corrected chi connectivity index (χ2v) is 5.31. The molecule has 0 saturated carbocycles. The number of hydrogen-bond acceptors (Lipinski definition) is 6. The van der Waals surface area contributed by atoms with Crippen molar-refractivity contribution in [2.45, 2.75) is 12.8 Å². The molecule has 0 aliphatic heterocycles. The number of rotatable bonds is 5. The van der Waals surface area contributed by atoms with E-state index in [4.69, 9.17) is 0 Å². The van der Waals surface area contributed by atoms with Crippen LogP contribution in [0.2, 0.25) is 0 Å². The maximum Gasteiger partial charge on any atom is 0.305 e. The van der Waals surface area contributed by atoms with Crippen molar-refractivity contribution in [3.8, 4) is 0 Å². The summed E-state index contributed by atoms with van der Waals surface area (Å²) in [5.41, 5.74) is -0.363. The predicted molar refractivity (Wildman–Crippen MR) is 77.5 cm³/mol. The van der Waals surface area contributed by atoms with E-state index in [0.29, 0.717) is 17.9 Å². The maximum atomic E-state index is 12.2. The second kappa shape index (κ2) is 6.49. The average molecular weight is 309 g/mol. The lowest BCUT2D eigenvalue weighted by Crippen LogP contribution is -2.33. The number of methoxy groups -OCH3 is 1. The molecule has 0 bridgehead atoms. The van der Waals surface area contributed by atoms with E-state index in [2.05, 4.69) is 9.72 Å². The van der Waals surface area contributed by atoms with Gasteiger partial charge in [0.25, 0.3) is 11.5 Å². The number of ether oxygens (including phenoxy) is 1. The molecule has 112 valence electrons. The zero-order chi connectivity index (χ0) is 15.4. The predicted octanol–water partition coefficient (Wildman–Crippen LogP) is 0.781. The van der Waals surface area contributed by atoms with Crippen molar-refractivity contribution in [3.05, 3.63) is 33.7 Å². The molecular formula is C13H15N3O4S. The minimum absolute atomic E-state index is 0.0199. The Hall–Kier alpha value is -2.22. The van der Waals surface area contributed by atoms with Gasteiger partial charge >= 0.3 is 5.97 Å². The first-order chi connectivity index (χ1) is 10.0. The van der Waals surface area contributed by atoms with E-state index in [9.17, 15) is 14.4 Å². The highest BCUT2D eigenvalue weighted by Crippen LogP contribution is 2.07. The minimum atomic E-state index is -0.405. The van der Waals surface area contributed by atoms with E-state index >= 15 is 0 Å². The molecule has 0 aromatic carbocycles. The number of nitrogens with zero attached hydrogens (tertiary/aromatic N) is 3. The Morgan fingerprint density at radius 3 is 2.95 bits per heavy atom. The summed E-state index contributed by atoms with van der Waals surface area (Å²) in [7, 11) is 2.90. The zero-order valence-electron chi connectivity index (χ0n) is 11.7. The Labute approximate surface area is 124 Å². The van der Waals surface area contributed by atoms with Crippen LogP contribution in [0.3, 0.4) is 0 Å². The minimum Gasteiger partial charge on any atom is -0.469 e. The van der Waals surface area contributed by atoms with E-state index in [1.807, 2.05) is 0 Å². The molecule has 21 heavy (non-hydrogen) atoms. The van der Waals surface area contributed by atoms with Crippen LogP contribution in [0.15, 0.2) is 22.6 Å². The summed E-state index contributed by atoms with van der Waals surface area (Å²) in [5.74, 6) is -0.727. The SMILES string of the molecule is COC(=O)CCCN(C)C(=O)c1cnc2sccn2c1=O. The fourth-order valence-electron chi connectivity index (χ4n) is 1.84. The standard InChI is InChI=1S/C13H15N3O4S/c1-15(5-3-4-10(17)20-2)11(18)9-8-14-13-16(12(9)19)6-7-21-13/h6-8H,3-5H2,1-2H3. The number of fused-ring (bicyclic) bond motifs is 1. The van der Waals surface area contributed by atoms with Crippen molar-refractivity contribution in [3.63, 3.8) is 0 Å². The molecule has 0 aliphatic rings. The van der Waals surface area contributed by atoms with Crippen molar-refractivity contribution in [2.75, 3.05) is 20.7 Å². The van der Waals surface area contributed by atoms with Crippen molar-refractivity contribution < 1.29 is 14.3 Å². The molecule has 2 heterocycles. The van der Waals surface area contributed by atoms with Gasteiger partial charge in [0, 0.05) is 37.8 Å². The highest BCUT2D eigenvalue weighted by Gasteiger charge is 2.17. The number of amides is 1. The summed E-state index contributed by atoms with van der Waals surface area (Å²) in [6, 6.07) is 0. The highest BCUT2D eigenvalue weighted by molar-refractivity contribution is 7.15. The molecule has 8 heteroatoms. The van der Waals surface area contributed by atoms with Gasteiger partial charge < -0.3 is 9.64 Å². The third-order valence-corrected chi connectivity index (χ3v) is 3.79. The molecule has 7 nitrogen and oxygen atoms in total. The summed E-state index contributed by atoms with van der Waals surface area (Å²) in [5, 5.41) is 1.73. The van der Waals surface area contributed by atoms with E-state index in [1.165, 1.54) is 33.9 Å².